The first-order valence-electron chi connectivity index (χ1n) is 5.22. The molecule has 0 unspecified atom stereocenters. The number of hydrogen-bond donors (Lipinski definition) is 1. The van der Waals surface area contributed by atoms with Crippen molar-refractivity contribution >= 4 is 5.97 Å². The fraction of sp³-hybridized carbons (Fsp3) is 0.250. The van der Waals surface area contributed by atoms with Gasteiger partial charge < -0.3 is 5.11 Å². The highest BCUT2D eigenvalue weighted by Gasteiger charge is 2.14. The molecule has 0 spiro atoms. The first kappa shape index (κ1) is 11.3. The van der Waals surface area contributed by atoms with Crippen molar-refractivity contribution in [2.75, 3.05) is 0 Å². The summed E-state index contributed by atoms with van der Waals surface area (Å²) in [4.78, 5) is 15.1. The summed E-state index contributed by atoms with van der Waals surface area (Å²) >= 11 is 0. The smallest absolute Gasteiger partial charge is 0.339 e. The molecule has 0 aliphatic heterocycles. The topological polar surface area (TPSA) is 68.0 Å². The quantitative estimate of drug-likeness (QED) is 0.857. The second-order valence-electron chi connectivity index (χ2n) is 3.99. The van der Waals surface area contributed by atoms with Crippen LogP contribution in [0.2, 0.25) is 0 Å². The second kappa shape index (κ2) is 4.01. The monoisotopic (exact) mass is 231 g/mol. The zero-order valence-electron chi connectivity index (χ0n) is 9.93. The molecule has 0 amide bonds. The van der Waals surface area contributed by atoms with Gasteiger partial charge in [0.05, 0.1) is 11.4 Å². The second-order valence-corrected chi connectivity index (χ2v) is 3.99. The van der Waals surface area contributed by atoms with Crippen molar-refractivity contribution in [3.8, 4) is 5.69 Å². The molecule has 0 saturated heterocycles. The van der Waals surface area contributed by atoms with Crippen LogP contribution in [0.5, 0.6) is 0 Å². The number of aromatic carboxylic acids is 1. The first-order valence-corrected chi connectivity index (χ1v) is 5.22. The maximum atomic E-state index is 11.1. The van der Waals surface area contributed by atoms with Crippen LogP contribution in [0, 0.1) is 20.8 Å². The molecule has 0 bridgehead atoms. The molecule has 0 radical (unpaired) electrons. The van der Waals surface area contributed by atoms with E-state index in [1.165, 1.54) is 6.20 Å². The zero-order valence-corrected chi connectivity index (χ0v) is 9.93. The minimum atomic E-state index is -1.000. The van der Waals surface area contributed by atoms with Crippen molar-refractivity contribution in [1.82, 2.24) is 14.8 Å². The van der Waals surface area contributed by atoms with Crippen LogP contribution in [-0.2, 0) is 0 Å². The normalized spacial score (nSPS) is 10.5. The Labute approximate surface area is 98.7 Å². The van der Waals surface area contributed by atoms with Gasteiger partial charge in [-0.25, -0.2) is 9.48 Å². The number of carboxylic acids is 1. The minimum absolute atomic E-state index is 0.154. The molecule has 5 heteroatoms. The Hall–Kier alpha value is -2.17. The predicted molar refractivity (Wildman–Crippen MR) is 62.5 cm³/mol. The highest BCUT2D eigenvalue weighted by atomic mass is 16.4. The fourth-order valence-electron chi connectivity index (χ4n) is 1.76. The maximum Gasteiger partial charge on any atom is 0.339 e. The number of carboxylic acid groups (broad SMARTS) is 1. The fourth-order valence-corrected chi connectivity index (χ4v) is 1.76. The molecule has 2 heterocycles. The molecule has 0 aliphatic rings. The molecule has 2 aromatic rings. The Balaban J connectivity index is 2.69. The van der Waals surface area contributed by atoms with Crippen LogP contribution in [0.4, 0.5) is 0 Å². The number of aryl methyl sites for hydroxylation is 3. The molecule has 1 N–H and O–H groups in total. The van der Waals surface area contributed by atoms with Gasteiger partial charge in [0.15, 0.2) is 0 Å². The highest BCUT2D eigenvalue weighted by Crippen LogP contribution is 2.17. The van der Waals surface area contributed by atoms with Gasteiger partial charge in [-0.2, -0.15) is 5.10 Å². The van der Waals surface area contributed by atoms with E-state index in [0.29, 0.717) is 5.69 Å². The van der Waals surface area contributed by atoms with Gasteiger partial charge in [0.25, 0.3) is 0 Å². The van der Waals surface area contributed by atoms with Gasteiger partial charge in [0.2, 0.25) is 0 Å². The Morgan fingerprint density at radius 2 is 1.94 bits per heavy atom. The molecule has 0 aliphatic carbocycles. The maximum absolute atomic E-state index is 11.1. The van der Waals surface area contributed by atoms with Crippen LogP contribution < -0.4 is 0 Å². The Bertz CT molecular complexity index is 587. The molecule has 88 valence electrons. The number of aromatic nitrogens is 3. The summed E-state index contributed by atoms with van der Waals surface area (Å²) < 4.78 is 1.63. The van der Waals surface area contributed by atoms with Gasteiger partial charge in [0.1, 0.15) is 5.56 Å². The number of carbonyl (C=O) groups is 1. The third-order valence-corrected chi connectivity index (χ3v) is 2.49. The van der Waals surface area contributed by atoms with E-state index in [2.05, 4.69) is 10.1 Å². The summed E-state index contributed by atoms with van der Waals surface area (Å²) in [6, 6.07) is 3.63. The summed E-state index contributed by atoms with van der Waals surface area (Å²) in [5.41, 5.74) is 3.22. The average molecular weight is 231 g/mol. The van der Waals surface area contributed by atoms with Crippen molar-refractivity contribution < 1.29 is 9.90 Å². The predicted octanol–water partition coefficient (Wildman–Crippen LogP) is 1.89. The standard InChI is InChI=1S/C12H13N3O2/c1-7-5-11(10(6-13-7)12(16)17)15-9(3)4-8(2)14-15/h4-6H,1-3H3,(H,16,17). The lowest BCUT2D eigenvalue weighted by molar-refractivity contribution is 0.0696. The van der Waals surface area contributed by atoms with Crippen molar-refractivity contribution in [3.63, 3.8) is 0 Å². The molecule has 0 saturated carbocycles. The van der Waals surface area contributed by atoms with Gasteiger partial charge in [-0.15, -0.1) is 0 Å². The average Bonchev–Trinajstić information content (AvgIpc) is 2.57. The lowest BCUT2D eigenvalue weighted by atomic mass is 10.2. The van der Waals surface area contributed by atoms with E-state index in [0.717, 1.165) is 17.1 Å². The van der Waals surface area contributed by atoms with Crippen LogP contribution >= 0.6 is 0 Å². The molecule has 0 aromatic carbocycles. The van der Waals surface area contributed by atoms with Crippen molar-refractivity contribution in [3.05, 3.63) is 41.0 Å². The van der Waals surface area contributed by atoms with E-state index in [1.54, 1.807) is 10.7 Å². The van der Waals surface area contributed by atoms with Gasteiger partial charge in [-0.3, -0.25) is 4.98 Å². The summed E-state index contributed by atoms with van der Waals surface area (Å²) in [6.07, 6.45) is 1.36. The Morgan fingerprint density at radius 3 is 2.47 bits per heavy atom. The van der Waals surface area contributed by atoms with Crippen molar-refractivity contribution in [2.45, 2.75) is 20.8 Å². The van der Waals surface area contributed by atoms with Crippen LogP contribution in [0.3, 0.4) is 0 Å². The third-order valence-electron chi connectivity index (χ3n) is 2.49. The Morgan fingerprint density at radius 1 is 1.24 bits per heavy atom. The van der Waals surface area contributed by atoms with Crippen LogP contribution in [0.25, 0.3) is 5.69 Å². The van der Waals surface area contributed by atoms with Crippen molar-refractivity contribution in [2.24, 2.45) is 0 Å². The SMILES string of the molecule is Cc1cc(-n2nc(C)cc2C)c(C(=O)O)cn1. The summed E-state index contributed by atoms with van der Waals surface area (Å²) in [5, 5.41) is 13.4. The molecule has 2 aromatic heterocycles. The number of nitrogens with zero attached hydrogens (tertiary/aromatic N) is 3. The van der Waals surface area contributed by atoms with E-state index in [1.807, 2.05) is 26.8 Å². The van der Waals surface area contributed by atoms with E-state index < -0.39 is 5.97 Å². The summed E-state index contributed by atoms with van der Waals surface area (Å²) in [7, 11) is 0. The number of hydrogen-bond acceptors (Lipinski definition) is 3. The lowest BCUT2D eigenvalue weighted by Gasteiger charge is -2.08. The zero-order chi connectivity index (χ0) is 12.6. The minimum Gasteiger partial charge on any atom is -0.478 e. The lowest BCUT2D eigenvalue weighted by Crippen LogP contribution is -2.09. The van der Waals surface area contributed by atoms with E-state index in [-0.39, 0.29) is 5.56 Å². The van der Waals surface area contributed by atoms with Crippen LogP contribution in [-0.4, -0.2) is 25.8 Å². The molecule has 0 fully saturated rings. The molecule has 2 rings (SSSR count). The van der Waals surface area contributed by atoms with E-state index in [9.17, 15) is 4.79 Å². The van der Waals surface area contributed by atoms with Crippen LogP contribution in [0.1, 0.15) is 27.4 Å². The Kier molecular flexibility index (Phi) is 2.67. The number of pyridine rings is 1. The van der Waals surface area contributed by atoms with Gasteiger partial charge >= 0.3 is 5.97 Å². The molecule has 17 heavy (non-hydrogen) atoms. The molecular weight excluding hydrogens is 218 g/mol. The molecular formula is C12H13N3O2. The molecule has 0 atom stereocenters. The first-order chi connectivity index (χ1) is 7.99. The largest absolute Gasteiger partial charge is 0.478 e. The van der Waals surface area contributed by atoms with Crippen molar-refractivity contribution in [1.29, 1.82) is 0 Å². The summed E-state index contributed by atoms with van der Waals surface area (Å²) in [6.45, 7) is 5.58. The third kappa shape index (κ3) is 2.04. The van der Waals surface area contributed by atoms with Gasteiger partial charge in [-0.05, 0) is 32.9 Å². The van der Waals surface area contributed by atoms with E-state index >= 15 is 0 Å². The number of rotatable bonds is 2. The highest BCUT2D eigenvalue weighted by molar-refractivity contribution is 5.91. The van der Waals surface area contributed by atoms with Gasteiger partial charge in [0, 0.05) is 17.6 Å². The molecule has 5 nitrogen and oxygen atoms in total. The van der Waals surface area contributed by atoms with Crippen LogP contribution in [0.15, 0.2) is 18.3 Å². The van der Waals surface area contributed by atoms with Gasteiger partial charge in [-0.1, -0.05) is 0 Å². The van der Waals surface area contributed by atoms with E-state index in [4.69, 9.17) is 5.11 Å². The summed E-state index contributed by atoms with van der Waals surface area (Å²) in [5.74, 6) is -1.000.